The molecule has 0 amide bonds. The highest BCUT2D eigenvalue weighted by Gasteiger charge is 2.63. The molecule has 11 nitrogen and oxygen atoms in total. The van der Waals surface area contributed by atoms with E-state index in [0.29, 0.717) is 0 Å². The van der Waals surface area contributed by atoms with Crippen molar-refractivity contribution in [3.63, 3.8) is 0 Å². The number of phosphoric acid groups is 1. The Morgan fingerprint density at radius 3 is 2.70 bits per heavy atom. The molecule has 0 spiro atoms. The second kappa shape index (κ2) is 6.93. The zero-order valence-electron chi connectivity index (χ0n) is 14.8. The lowest BCUT2D eigenvalue weighted by molar-refractivity contribution is -0.156. The van der Waals surface area contributed by atoms with Crippen molar-refractivity contribution in [2.75, 3.05) is 27.0 Å². The van der Waals surface area contributed by atoms with E-state index in [9.17, 15) is 23.6 Å². The molecule has 2 saturated heterocycles. The Labute approximate surface area is 153 Å². The number of H-pyrrole nitrogens is 1. The number of aromatic nitrogens is 2. The molecule has 2 bridgehead atoms. The normalized spacial score (nSPS) is 32.8. The number of nitrogens with zero attached hydrogens (tertiary/aromatic N) is 1. The van der Waals surface area contributed by atoms with Gasteiger partial charge in [0.1, 0.15) is 25.0 Å². The Morgan fingerprint density at radius 1 is 1.41 bits per heavy atom. The van der Waals surface area contributed by atoms with E-state index in [1.165, 1.54) is 31.4 Å². The predicted molar refractivity (Wildman–Crippen MR) is 94.2 cm³/mol. The van der Waals surface area contributed by atoms with Gasteiger partial charge in [0.05, 0.1) is 6.61 Å². The number of hydrogen-bond acceptors (Lipinski definition) is 8. The highest BCUT2D eigenvalue weighted by atomic mass is 31.2. The molecular weight excluding hydrogens is 402 g/mol. The van der Waals surface area contributed by atoms with E-state index in [4.69, 9.17) is 14.0 Å². The van der Waals surface area contributed by atoms with Crippen molar-refractivity contribution < 1.29 is 32.5 Å². The lowest BCUT2D eigenvalue weighted by atomic mass is 10.00. The molecule has 0 aromatic carbocycles. The van der Waals surface area contributed by atoms with E-state index >= 15 is 0 Å². The molecule has 5 atom stereocenters. The molecule has 1 aromatic rings. The van der Waals surface area contributed by atoms with Crippen molar-refractivity contribution in [1.82, 2.24) is 9.55 Å². The third-order valence-electron chi connectivity index (χ3n) is 4.22. The minimum absolute atomic E-state index is 0.0445. The number of fused-ring (bicyclic) bond motifs is 2. The van der Waals surface area contributed by atoms with E-state index in [0.717, 1.165) is 17.7 Å². The summed E-state index contributed by atoms with van der Waals surface area (Å²) in [5.41, 5.74) is -2.68. The lowest BCUT2D eigenvalue weighted by Crippen LogP contribution is -2.40. The maximum Gasteiger partial charge on any atom is 0.472 e. The molecule has 2 aliphatic heterocycles. The summed E-state index contributed by atoms with van der Waals surface area (Å²) in [7, 11) is -6.00. The van der Waals surface area contributed by atoms with Gasteiger partial charge in [-0.15, -0.1) is 0 Å². The standard InChI is InChI=1S/C14H20N2O9P2/c1-22-27(20,21)25-11-10-12(16-6-4-9(17)15-13(16)18)24-14(11,8-23-10)5-7-26(2,3)19/h4-7,10-12H,8H2,1-3H3,(H,20,21)(H,15,17,18)/b7-5+/t10-,11+,12-,14+/m1/s1. The molecule has 0 radical (unpaired) electrons. The fraction of sp³-hybridized carbons (Fsp3) is 0.571. The van der Waals surface area contributed by atoms with Crippen LogP contribution in [0.1, 0.15) is 6.23 Å². The number of nitrogens with one attached hydrogen (secondary N) is 1. The molecule has 0 aliphatic carbocycles. The lowest BCUT2D eigenvalue weighted by Gasteiger charge is -2.29. The largest absolute Gasteiger partial charge is 0.472 e. The topological polar surface area (TPSA) is 146 Å². The van der Waals surface area contributed by atoms with Gasteiger partial charge >= 0.3 is 13.5 Å². The van der Waals surface area contributed by atoms with Crippen LogP contribution in [0.2, 0.25) is 0 Å². The minimum atomic E-state index is -4.41. The highest BCUT2D eigenvalue weighted by Crippen LogP contribution is 2.55. The van der Waals surface area contributed by atoms with Gasteiger partial charge in [0.2, 0.25) is 0 Å². The van der Waals surface area contributed by atoms with Crippen molar-refractivity contribution in [2.45, 2.75) is 24.0 Å². The molecular formula is C14H20N2O9P2. The van der Waals surface area contributed by atoms with Gasteiger partial charge in [-0.25, -0.2) is 9.36 Å². The summed E-state index contributed by atoms with van der Waals surface area (Å²) < 4.78 is 46.4. The van der Waals surface area contributed by atoms with Crippen molar-refractivity contribution in [2.24, 2.45) is 0 Å². The summed E-state index contributed by atoms with van der Waals surface area (Å²) in [6.45, 7) is 3.03. The third-order valence-corrected chi connectivity index (χ3v) is 6.04. The first-order chi connectivity index (χ1) is 12.5. The van der Waals surface area contributed by atoms with E-state index in [2.05, 4.69) is 9.51 Å². The maximum atomic E-state index is 12.1. The Bertz CT molecular complexity index is 964. The van der Waals surface area contributed by atoms with Gasteiger partial charge < -0.3 is 18.9 Å². The maximum absolute atomic E-state index is 12.1. The van der Waals surface area contributed by atoms with E-state index in [1.807, 2.05) is 0 Å². The van der Waals surface area contributed by atoms with Gasteiger partial charge in [0, 0.05) is 19.4 Å². The molecule has 3 rings (SSSR count). The van der Waals surface area contributed by atoms with Gasteiger partial charge in [-0.1, -0.05) is 0 Å². The molecule has 2 fully saturated rings. The molecule has 2 aliphatic rings. The van der Waals surface area contributed by atoms with Crippen LogP contribution in [0, 0.1) is 0 Å². The van der Waals surface area contributed by atoms with Crippen molar-refractivity contribution in [1.29, 1.82) is 0 Å². The van der Waals surface area contributed by atoms with Gasteiger partial charge in [-0.05, 0) is 25.2 Å². The van der Waals surface area contributed by atoms with Crippen molar-refractivity contribution >= 4 is 15.0 Å². The second-order valence-electron chi connectivity index (χ2n) is 6.68. The zero-order chi connectivity index (χ0) is 20.0. The van der Waals surface area contributed by atoms with Gasteiger partial charge in [0.15, 0.2) is 6.23 Å². The average Bonchev–Trinajstić information content (AvgIpc) is 3.04. The van der Waals surface area contributed by atoms with Gasteiger partial charge in [-0.2, -0.15) is 0 Å². The van der Waals surface area contributed by atoms with Gasteiger partial charge in [0.25, 0.3) is 5.56 Å². The summed E-state index contributed by atoms with van der Waals surface area (Å²) in [4.78, 5) is 35.2. The summed E-state index contributed by atoms with van der Waals surface area (Å²) in [5.74, 6) is 1.43. The number of hydrogen-bond donors (Lipinski definition) is 2. The van der Waals surface area contributed by atoms with Crippen LogP contribution in [-0.4, -0.2) is 59.3 Å². The molecule has 0 saturated carbocycles. The highest BCUT2D eigenvalue weighted by molar-refractivity contribution is 7.65. The van der Waals surface area contributed by atoms with Crippen LogP contribution in [0.4, 0.5) is 0 Å². The van der Waals surface area contributed by atoms with E-state index in [1.54, 1.807) is 0 Å². The van der Waals surface area contributed by atoms with Crippen LogP contribution in [0.3, 0.4) is 0 Å². The van der Waals surface area contributed by atoms with Crippen molar-refractivity contribution in [3.05, 3.63) is 45.0 Å². The first-order valence-corrected chi connectivity index (χ1v) is 12.1. The Hall–Kier alpha value is -1.32. The quantitative estimate of drug-likeness (QED) is 0.625. The molecule has 1 unspecified atom stereocenters. The molecule has 13 heteroatoms. The Kier molecular flexibility index (Phi) is 5.24. The van der Waals surface area contributed by atoms with E-state index < -0.39 is 50.3 Å². The third kappa shape index (κ3) is 4.09. The molecule has 3 heterocycles. The smallest absolute Gasteiger partial charge is 0.367 e. The first kappa shape index (κ1) is 20.4. The monoisotopic (exact) mass is 422 g/mol. The van der Waals surface area contributed by atoms with Gasteiger partial charge in [-0.3, -0.25) is 23.4 Å². The summed E-state index contributed by atoms with van der Waals surface area (Å²) >= 11 is 0. The first-order valence-electron chi connectivity index (χ1n) is 7.89. The summed E-state index contributed by atoms with van der Waals surface area (Å²) in [5, 5.41) is 0. The second-order valence-corrected chi connectivity index (χ2v) is 11.4. The van der Waals surface area contributed by atoms with Crippen LogP contribution < -0.4 is 11.2 Å². The number of rotatable bonds is 6. The number of phosphoric ester groups is 1. The number of aromatic amines is 1. The zero-order valence-corrected chi connectivity index (χ0v) is 16.6. The van der Waals surface area contributed by atoms with Crippen molar-refractivity contribution in [3.8, 4) is 0 Å². The minimum Gasteiger partial charge on any atom is -0.367 e. The van der Waals surface area contributed by atoms with Crippen LogP contribution >= 0.6 is 15.0 Å². The summed E-state index contributed by atoms with van der Waals surface area (Å²) in [6, 6.07) is 1.13. The van der Waals surface area contributed by atoms with Crippen LogP contribution in [0.25, 0.3) is 0 Å². The van der Waals surface area contributed by atoms with E-state index in [-0.39, 0.29) is 6.61 Å². The number of ether oxygens (including phenoxy) is 2. The van der Waals surface area contributed by atoms with Crippen LogP contribution in [0.15, 0.2) is 33.7 Å². The van der Waals surface area contributed by atoms with Crippen LogP contribution in [0.5, 0.6) is 0 Å². The predicted octanol–water partition coefficient (Wildman–Crippen LogP) is 0.471. The summed E-state index contributed by atoms with van der Waals surface area (Å²) in [6.07, 6.45) is -0.404. The molecule has 2 N–H and O–H groups in total. The fourth-order valence-electron chi connectivity index (χ4n) is 2.97. The molecule has 150 valence electrons. The Morgan fingerprint density at radius 2 is 2.11 bits per heavy atom. The Balaban J connectivity index is 2.03. The molecule has 27 heavy (non-hydrogen) atoms. The SMILES string of the molecule is COP(=O)(O)O[C@H]1[C@H]2OC[C@]1(/C=C/P(C)(C)=O)O[C@H]2n1ccc(=O)[nH]c1=O. The molecule has 1 aromatic heterocycles. The van der Waals surface area contributed by atoms with Crippen LogP contribution in [-0.2, 0) is 27.7 Å². The fourth-order valence-corrected chi connectivity index (χ4v) is 4.25. The average molecular weight is 422 g/mol.